The van der Waals surface area contributed by atoms with E-state index >= 15 is 0 Å². The van der Waals surface area contributed by atoms with Crippen LogP contribution in [0.2, 0.25) is 0 Å². The van der Waals surface area contributed by atoms with Crippen molar-refractivity contribution in [3.8, 4) is 0 Å². The Morgan fingerprint density at radius 2 is 2.00 bits per heavy atom. The first-order valence-corrected chi connectivity index (χ1v) is 8.61. The minimum atomic E-state index is -2.02. The summed E-state index contributed by atoms with van der Waals surface area (Å²) < 4.78 is 24.6. The molecule has 0 spiro atoms. The number of fused-ring (bicyclic) bond motifs is 5. The molecule has 0 aromatic heterocycles. The van der Waals surface area contributed by atoms with Gasteiger partial charge in [0.15, 0.2) is 0 Å². The first kappa shape index (κ1) is 11.2. The van der Waals surface area contributed by atoms with Crippen molar-refractivity contribution in [2.45, 2.75) is 77.4 Å². The van der Waals surface area contributed by atoms with Gasteiger partial charge >= 0.3 is 0 Å². The van der Waals surface area contributed by atoms with Crippen molar-refractivity contribution in [2.24, 2.45) is 28.6 Å². The molecule has 2 nitrogen and oxygen atoms in total. The third-order valence-corrected chi connectivity index (χ3v) is 7.59. The van der Waals surface area contributed by atoms with Gasteiger partial charge in [-0.2, -0.15) is 0 Å². The topological polar surface area (TPSA) is 40.5 Å². The number of aliphatic hydroxyl groups excluding tert-OH is 1. The minimum absolute atomic E-state index is 0.0205. The molecule has 0 heterocycles. The van der Waals surface area contributed by atoms with Crippen molar-refractivity contribution in [2.75, 3.05) is 0 Å². The van der Waals surface area contributed by atoms with Gasteiger partial charge in [-0.05, 0) is 79.9 Å². The Balaban J connectivity index is 1.71. The largest absolute Gasteiger partial charge is 0.393 e. The molecule has 0 amide bonds. The lowest BCUT2D eigenvalue weighted by atomic mass is 9.48. The molecule has 4 rings (SSSR count). The van der Waals surface area contributed by atoms with E-state index in [1.165, 1.54) is 0 Å². The van der Waals surface area contributed by atoms with E-state index in [1.807, 2.05) is 0 Å². The van der Waals surface area contributed by atoms with Gasteiger partial charge in [-0.1, -0.05) is 25.5 Å². The number of hydrogen-bond acceptors (Lipinski definition) is 2. The van der Waals surface area contributed by atoms with Gasteiger partial charge in [0.05, 0.1) is 13.6 Å². The van der Waals surface area contributed by atoms with Gasteiger partial charge in [-0.15, -0.1) is 0 Å². The van der Waals surface area contributed by atoms with Crippen LogP contribution in [0.3, 0.4) is 0 Å². The van der Waals surface area contributed by atoms with E-state index in [1.54, 1.807) is 0 Å². The van der Waals surface area contributed by atoms with E-state index < -0.39 is 12.5 Å². The standard InChI is InChI=1S/C19H30O2/c1-18-9-7-13(20)11-12(18)3-4-14-15-5-6-17(21)19(15,2)10-8-16(14)18/h3,13-17,20-21H,4-11H2,1-2H3/t13-,14+,15+,16+,17+,18+,19+/m1/s1/i7D2,13D. The summed E-state index contributed by atoms with van der Waals surface area (Å²) in [4.78, 5) is 0. The first-order chi connectivity index (χ1) is 11.0. The molecule has 3 saturated carbocycles. The van der Waals surface area contributed by atoms with Gasteiger partial charge in [0.1, 0.15) is 0 Å². The Morgan fingerprint density at radius 1 is 1.19 bits per heavy atom. The average Bonchev–Trinajstić information content (AvgIpc) is 2.76. The second-order valence-electron chi connectivity index (χ2n) is 8.37. The van der Waals surface area contributed by atoms with Crippen LogP contribution in [0.25, 0.3) is 0 Å². The molecule has 2 heteroatoms. The Hall–Kier alpha value is -0.340. The molecular weight excluding hydrogens is 260 g/mol. The monoisotopic (exact) mass is 293 g/mol. The highest BCUT2D eigenvalue weighted by Gasteiger charge is 2.58. The predicted octanol–water partition coefficient (Wildman–Crippen LogP) is 3.67. The second-order valence-corrected chi connectivity index (χ2v) is 8.37. The van der Waals surface area contributed by atoms with Gasteiger partial charge in [-0.3, -0.25) is 0 Å². The molecule has 0 radical (unpaired) electrons. The molecule has 118 valence electrons. The highest BCUT2D eigenvalue weighted by atomic mass is 16.3. The van der Waals surface area contributed by atoms with Gasteiger partial charge in [0, 0.05) is 2.74 Å². The van der Waals surface area contributed by atoms with E-state index in [2.05, 4.69) is 19.9 Å². The highest BCUT2D eigenvalue weighted by Crippen LogP contribution is 2.64. The molecule has 2 N–H and O–H groups in total. The van der Waals surface area contributed by atoms with E-state index in [-0.39, 0.29) is 29.8 Å². The van der Waals surface area contributed by atoms with Gasteiger partial charge in [0.2, 0.25) is 0 Å². The fraction of sp³-hybridized carbons (Fsp3) is 0.895. The zero-order valence-electron chi connectivity index (χ0n) is 16.2. The van der Waals surface area contributed by atoms with E-state index in [0.29, 0.717) is 17.8 Å². The van der Waals surface area contributed by atoms with Crippen LogP contribution in [0.4, 0.5) is 0 Å². The molecule has 4 aliphatic rings. The first-order valence-electron chi connectivity index (χ1n) is 10.1. The van der Waals surface area contributed by atoms with Crippen LogP contribution in [0.15, 0.2) is 11.6 Å². The minimum Gasteiger partial charge on any atom is -0.393 e. The van der Waals surface area contributed by atoms with Crippen molar-refractivity contribution < 1.29 is 14.3 Å². The third kappa shape index (κ3) is 1.84. The van der Waals surface area contributed by atoms with Crippen LogP contribution in [0.1, 0.15) is 69.3 Å². The average molecular weight is 293 g/mol. The molecule has 4 aliphatic carbocycles. The molecule has 21 heavy (non-hydrogen) atoms. The van der Waals surface area contributed by atoms with Crippen LogP contribution in [-0.4, -0.2) is 22.4 Å². The summed E-state index contributed by atoms with van der Waals surface area (Å²) in [7, 11) is 0. The zero-order valence-corrected chi connectivity index (χ0v) is 13.2. The number of aliphatic hydroxyl groups is 2. The Kier molecular flexibility index (Phi) is 2.45. The summed E-state index contributed by atoms with van der Waals surface area (Å²) in [6.07, 6.45) is 3.44. The second kappa shape index (κ2) is 4.58. The fourth-order valence-corrected chi connectivity index (χ4v) is 6.18. The molecule has 0 unspecified atom stereocenters. The zero-order chi connectivity index (χ0) is 17.5. The molecule has 0 aromatic rings. The maximum absolute atomic E-state index is 10.5. The van der Waals surface area contributed by atoms with Crippen molar-refractivity contribution in [3.63, 3.8) is 0 Å². The van der Waals surface area contributed by atoms with E-state index in [0.717, 1.165) is 37.7 Å². The highest BCUT2D eigenvalue weighted by molar-refractivity contribution is 5.25. The molecule has 0 aliphatic heterocycles. The maximum Gasteiger partial charge on any atom is 0.0604 e. The SMILES string of the molecule is [2H]C1([2H])C[C@@]2(C)C(=CC[C@H]3[C@@H]4CC[C@H](O)[C@@]4(C)CC[C@@H]32)C[C@]1([2H])O. The van der Waals surface area contributed by atoms with Crippen LogP contribution in [0, 0.1) is 28.6 Å². The summed E-state index contributed by atoms with van der Waals surface area (Å²) in [6, 6.07) is 0. The lowest BCUT2D eigenvalue weighted by Crippen LogP contribution is -2.51. The summed E-state index contributed by atoms with van der Waals surface area (Å²) >= 11 is 0. The molecule has 0 bridgehead atoms. The third-order valence-electron chi connectivity index (χ3n) is 7.59. The van der Waals surface area contributed by atoms with Crippen molar-refractivity contribution in [1.29, 1.82) is 0 Å². The summed E-state index contributed by atoms with van der Waals surface area (Å²) in [6.45, 7) is 4.41. The van der Waals surface area contributed by atoms with Crippen LogP contribution >= 0.6 is 0 Å². The molecule has 3 fully saturated rings. The number of allylic oxidation sites excluding steroid dienone is 1. The quantitative estimate of drug-likeness (QED) is 0.669. The lowest BCUT2D eigenvalue weighted by molar-refractivity contribution is -0.0711. The predicted molar refractivity (Wildman–Crippen MR) is 83.7 cm³/mol. The number of hydrogen-bond donors (Lipinski definition) is 2. The summed E-state index contributed by atoms with van der Waals surface area (Å²) in [5, 5.41) is 20.8. The summed E-state index contributed by atoms with van der Waals surface area (Å²) in [5.74, 6) is 1.43. The van der Waals surface area contributed by atoms with Crippen molar-refractivity contribution in [3.05, 3.63) is 11.6 Å². The van der Waals surface area contributed by atoms with E-state index in [9.17, 15) is 10.2 Å². The molecular formula is C19H30O2. The maximum atomic E-state index is 10.5. The van der Waals surface area contributed by atoms with Crippen LogP contribution in [0.5, 0.6) is 0 Å². The lowest BCUT2D eigenvalue weighted by Gasteiger charge is -2.57. The van der Waals surface area contributed by atoms with Crippen molar-refractivity contribution >= 4 is 0 Å². The van der Waals surface area contributed by atoms with E-state index in [4.69, 9.17) is 4.11 Å². The molecule has 0 aromatic carbocycles. The summed E-state index contributed by atoms with van der Waals surface area (Å²) in [5.41, 5.74) is 0.861. The normalized spacial score (nSPS) is 64.2. The molecule has 7 atom stereocenters. The van der Waals surface area contributed by atoms with Crippen molar-refractivity contribution in [1.82, 2.24) is 0 Å². The molecule has 0 saturated heterocycles. The van der Waals surface area contributed by atoms with Gasteiger partial charge in [-0.25, -0.2) is 0 Å². The Morgan fingerprint density at radius 3 is 2.81 bits per heavy atom. The van der Waals surface area contributed by atoms with Gasteiger partial charge < -0.3 is 10.2 Å². The van der Waals surface area contributed by atoms with Gasteiger partial charge in [0.25, 0.3) is 0 Å². The van der Waals surface area contributed by atoms with Crippen LogP contribution < -0.4 is 0 Å². The smallest absolute Gasteiger partial charge is 0.0604 e. The Labute approximate surface area is 132 Å². The van der Waals surface area contributed by atoms with Crippen LogP contribution in [-0.2, 0) is 0 Å². The Bertz CT molecular complexity index is 587. The number of rotatable bonds is 0. The fourth-order valence-electron chi connectivity index (χ4n) is 6.18.